The smallest absolute Gasteiger partial charge is 0.472 e. The largest absolute Gasteiger partial charge is 0.492 e. The van der Waals surface area contributed by atoms with Crippen LogP contribution >= 0.6 is 7.82 Å². The molecular formula is C46H85NO10P+. The molecular weight excluding hydrogens is 757 g/mol. The SMILES string of the molecule is CCCCCC/C=C\CCCCCCCC/C=C/O[C@H](COC(=O)CCCCCC[C@H]1[C@@H](O)CC(=O)[C@@H]1/C=C/[C@@H](O)CCCCC)COP(=O)(O)OCC[N+](C)(C)C. The molecule has 0 bridgehead atoms. The minimum absolute atomic E-state index is 0.0259. The van der Waals surface area contributed by atoms with Crippen LogP contribution < -0.4 is 0 Å². The minimum atomic E-state index is -4.33. The highest BCUT2D eigenvalue weighted by molar-refractivity contribution is 7.47. The fraction of sp³-hybridized carbons (Fsp3) is 0.826. The van der Waals surface area contributed by atoms with Gasteiger partial charge in [-0.3, -0.25) is 18.6 Å². The molecule has 1 fully saturated rings. The Morgan fingerprint density at radius 3 is 2.05 bits per heavy atom. The number of hydrogen-bond donors (Lipinski definition) is 3. The van der Waals surface area contributed by atoms with Crippen LogP contribution in [0.3, 0.4) is 0 Å². The Hall–Kier alpha value is -1.85. The van der Waals surface area contributed by atoms with E-state index in [-0.39, 0.29) is 56.3 Å². The van der Waals surface area contributed by atoms with Gasteiger partial charge in [0.25, 0.3) is 0 Å². The van der Waals surface area contributed by atoms with E-state index in [1.54, 1.807) is 18.4 Å². The summed E-state index contributed by atoms with van der Waals surface area (Å²) < 4.78 is 34.7. The van der Waals surface area contributed by atoms with Crippen molar-refractivity contribution in [1.29, 1.82) is 0 Å². The van der Waals surface area contributed by atoms with Gasteiger partial charge in [-0.15, -0.1) is 0 Å². The number of aliphatic hydroxyl groups excluding tert-OH is 2. The second-order valence-electron chi connectivity index (χ2n) is 17.3. The van der Waals surface area contributed by atoms with Crippen LogP contribution in [0.5, 0.6) is 0 Å². The third-order valence-corrected chi connectivity index (χ3v) is 11.7. The number of quaternary nitrogens is 1. The fourth-order valence-electron chi connectivity index (χ4n) is 6.96. The summed E-state index contributed by atoms with van der Waals surface area (Å²) in [5.41, 5.74) is 0. The van der Waals surface area contributed by atoms with Gasteiger partial charge < -0.3 is 29.1 Å². The first kappa shape index (κ1) is 54.2. The summed E-state index contributed by atoms with van der Waals surface area (Å²) in [5.74, 6) is -0.879. The van der Waals surface area contributed by atoms with Gasteiger partial charge in [-0.05, 0) is 69.8 Å². The molecule has 0 aromatic carbocycles. The summed E-state index contributed by atoms with van der Waals surface area (Å²) in [6, 6.07) is 0. The monoisotopic (exact) mass is 843 g/mol. The highest BCUT2D eigenvalue weighted by Crippen LogP contribution is 2.43. The molecule has 0 aromatic heterocycles. The van der Waals surface area contributed by atoms with E-state index in [0.717, 1.165) is 57.8 Å². The number of phosphoric ester groups is 1. The average molecular weight is 843 g/mol. The maximum Gasteiger partial charge on any atom is 0.472 e. The molecule has 0 radical (unpaired) electrons. The number of phosphoric acid groups is 1. The maximum atomic E-state index is 12.6. The number of allylic oxidation sites excluding steroid dienone is 4. The van der Waals surface area contributed by atoms with Crippen LogP contribution in [0.25, 0.3) is 0 Å². The van der Waals surface area contributed by atoms with Crippen molar-refractivity contribution in [3.05, 3.63) is 36.6 Å². The van der Waals surface area contributed by atoms with Crippen LogP contribution in [-0.2, 0) is 32.7 Å². The van der Waals surface area contributed by atoms with Crippen LogP contribution in [0.1, 0.15) is 168 Å². The van der Waals surface area contributed by atoms with Crippen molar-refractivity contribution in [2.75, 3.05) is 47.5 Å². The van der Waals surface area contributed by atoms with Gasteiger partial charge in [0, 0.05) is 18.8 Å². The highest BCUT2D eigenvalue weighted by atomic mass is 31.2. The molecule has 1 aliphatic carbocycles. The number of likely N-dealkylation sites (N-methyl/N-ethyl adjacent to an activating group) is 1. The van der Waals surface area contributed by atoms with Crippen LogP contribution in [0, 0.1) is 11.8 Å². The predicted octanol–water partition coefficient (Wildman–Crippen LogP) is 10.3. The molecule has 1 saturated carbocycles. The quantitative estimate of drug-likeness (QED) is 0.0137. The van der Waals surface area contributed by atoms with Crippen molar-refractivity contribution >= 4 is 19.6 Å². The number of aliphatic hydroxyl groups is 2. The summed E-state index contributed by atoms with van der Waals surface area (Å²) in [7, 11) is 1.54. The van der Waals surface area contributed by atoms with Gasteiger partial charge in [0.2, 0.25) is 0 Å². The molecule has 58 heavy (non-hydrogen) atoms. The lowest BCUT2D eigenvalue weighted by Crippen LogP contribution is -2.37. The fourth-order valence-corrected chi connectivity index (χ4v) is 7.71. The van der Waals surface area contributed by atoms with Gasteiger partial charge in [-0.2, -0.15) is 0 Å². The Balaban J connectivity index is 2.43. The number of ether oxygens (including phenoxy) is 2. The van der Waals surface area contributed by atoms with Crippen molar-refractivity contribution in [1.82, 2.24) is 0 Å². The molecule has 11 nitrogen and oxygen atoms in total. The van der Waals surface area contributed by atoms with E-state index < -0.39 is 26.1 Å². The Morgan fingerprint density at radius 2 is 1.40 bits per heavy atom. The first-order valence-electron chi connectivity index (χ1n) is 22.9. The molecule has 0 aromatic rings. The Morgan fingerprint density at radius 1 is 0.810 bits per heavy atom. The molecule has 0 heterocycles. The minimum Gasteiger partial charge on any atom is -0.492 e. The van der Waals surface area contributed by atoms with Crippen LogP contribution in [-0.4, -0.2) is 97.2 Å². The number of esters is 1. The van der Waals surface area contributed by atoms with E-state index in [1.165, 1.54) is 64.2 Å². The molecule has 0 aliphatic heterocycles. The number of carbonyl (C=O) groups is 2. The van der Waals surface area contributed by atoms with Crippen LogP contribution in [0.15, 0.2) is 36.6 Å². The number of Topliss-reactive ketones (excluding diaryl/α,β-unsaturated/α-hetero) is 1. The second-order valence-corrected chi connectivity index (χ2v) is 18.7. The van der Waals surface area contributed by atoms with Gasteiger partial charge in [-0.25, -0.2) is 4.57 Å². The van der Waals surface area contributed by atoms with Gasteiger partial charge >= 0.3 is 13.8 Å². The van der Waals surface area contributed by atoms with Crippen molar-refractivity contribution < 1.29 is 52.3 Å². The lowest BCUT2D eigenvalue weighted by Gasteiger charge is -2.24. The number of hydrogen-bond acceptors (Lipinski definition) is 9. The lowest BCUT2D eigenvalue weighted by atomic mass is 9.88. The second kappa shape index (κ2) is 33.8. The zero-order chi connectivity index (χ0) is 42.9. The molecule has 1 aliphatic rings. The molecule has 338 valence electrons. The summed E-state index contributed by atoms with van der Waals surface area (Å²) >= 11 is 0. The van der Waals surface area contributed by atoms with Gasteiger partial charge in [0.05, 0.1) is 46.2 Å². The zero-order valence-electron chi connectivity index (χ0n) is 37.2. The Kier molecular flexibility index (Phi) is 31.6. The van der Waals surface area contributed by atoms with E-state index in [1.807, 2.05) is 27.2 Å². The predicted molar refractivity (Wildman–Crippen MR) is 234 cm³/mol. The van der Waals surface area contributed by atoms with Gasteiger partial charge in [0.15, 0.2) is 6.10 Å². The molecule has 1 unspecified atom stereocenters. The highest BCUT2D eigenvalue weighted by Gasteiger charge is 2.39. The summed E-state index contributed by atoms with van der Waals surface area (Å²) in [6.45, 7) is 4.52. The van der Waals surface area contributed by atoms with E-state index in [9.17, 15) is 29.3 Å². The number of ketones is 1. The van der Waals surface area contributed by atoms with Crippen LogP contribution in [0.4, 0.5) is 0 Å². The molecule has 1 rings (SSSR count). The lowest BCUT2D eigenvalue weighted by molar-refractivity contribution is -0.870. The third-order valence-electron chi connectivity index (χ3n) is 10.7. The van der Waals surface area contributed by atoms with Gasteiger partial charge in [0.1, 0.15) is 25.5 Å². The number of rotatable bonds is 38. The molecule has 0 saturated heterocycles. The number of carbonyl (C=O) groups excluding carboxylic acids is 2. The van der Waals surface area contributed by atoms with Gasteiger partial charge in [-0.1, -0.05) is 122 Å². The summed E-state index contributed by atoms with van der Waals surface area (Å²) in [5, 5.41) is 20.8. The first-order valence-corrected chi connectivity index (χ1v) is 24.4. The van der Waals surface area contributed by atoms with E-state index in [4.69, 9.17) is 18.5 Å². The molecule has 0 amide bonds. The van der Waals surface area contributed by atoms with E-state index in [0.29, 0.717) is 30.3 Å². The normalized spacial score (nSPS) is 19.7. The van der Waals surface area contributed by atoms with Crippen molar-refractivity contribution in [2.24, 2.45) is 11.8 Å². The molecule has 12 heteroatoms. The van der Waals surface area contributed by atoms with Crippen LogP contribution in [0.2, 0.25) is 0 Å². The molecule has 0 spiro atoms. The third kappa shape index (κ3) is 30.2. The topological polar surface area (TPSA) is 149 Å². The van der Waals surface area contributed by atoms with Crippen molar-refractivity contribution in [3.63, 3.8) is 0 Å². The number of unbranched alkanes of at least 4 members (excludes halogenated alkanes) is 16. The van der Waals surface area contributed by atoms with E-state index in [2.05, 4.69) is 26.0 Å². The maximum absolute atomic E-state index is 12.6. The van der Waals surface area contributed by atoms with Crippen molar-refractivity contribution in [2.45, 2.75) is 186 Å². The molecule has 6 atom stereocenters. The Bertz CT molecular complexity index is 1190. The van der Waals surface area contributed by atoms with Crippen molar-refractivity contribution in [3.8, 4) is 0 Å². The summed E-state index contributed by atoms with van der Waals surface area (Å²) in [6.07, 6.45) is 33.2. The number of nitrogens with zero attached hydrogens (tertiary/aromatic N) is 1. The first-order chi connectivity index (χ1) is 27.8. The average Bonchev–Trinajstić information content (AvgIpc) is 3.44. The zero-order valence-corrected chi connectivity index (χ0v) is 38.1. The molecule has 3 N–H and O–H groups in total. The summed E-state index contributed by atoms with van der Waals surface area (Å²) in [4.78, 5) is 35.4. The van der Waals surface area contributed by atoms with E-state index >= 15 is 0 Å². The standard InChI is InChI=1S/C46H84NO10P/c1-6-8-10-11-12-13-14-15-16-17-18-19-20-21-24-28-35-54-41(39-57-58(52,53)56-36-34-47(3,4)5)38-55-46(51)31-27-23-22-26-30-42-43(45(50)37-44(42)49)33-32-40(48)29-25-9-7-2/h13-14,28,32-33,35,40-44,48-49H,6-12,15-27,29-31,34,36-39H2,1-5H3/p+1/b14-13-,33-32+,35-28+/t40-,41+,42+,43+,44-/m0/s1. The Labute approximate surface area is 353 Å².